The number of hydrogen-bond acceptors (Lipinski definition) is 9. The van der Waals surface area contributed by atoms with E-state index in [-0.39, 0.29) is 50.2 Å². The van der Waals surface area contributed by atoms with Gasteiger partial charge < -0.3 is 19.5 Å². The highest BCUT2D eigenvalue weighted by Crippen LogP contribution is 2.37. The van der Waals surface area contributed by atoms with Crippen LogP contribution in [0.5, 0.6) is 5.75 Å². The number of esters is 2. The first kappa shape index (κ1) is 32.3. The number of nitrogens with zero attached hydrogens (tertiary/aromatic N) is 1. The van der Waals surface area contributed by atoms with E-state index in [2.05, 4.69) is 5.32 Å². The van der Waals surface area contributed by atoms with Crippen LogP contribution in [0.15, 0.2) is 35.2 Å². The maximum Gasteiger partial charge on any atom is 0.344 e. The van der Waals surface area contributed by atoms with Crippen molar-refractivity contribution in [2.24, 2.45) is 0 Å². The predicted octanol–water partition coefficient (Wildman–Crippen LogP) is 6.22. The van der Waals surface area contributed by atoms with Gasteiger partial charge in [-0.05, 0) is 67.1 Å². The number of hydrogen-bond donors (Lipinski definition) is 1. The maximum atomic E-state index is 12.9. The Kier molecular flexibility index (Phi) is 11.9. The van der Waals surface area contributed by atoms with Gasteiger partial charge in [-0.1, -0.05) is 48.1 Å². The summed E-state index contributed by atoms with van der Waals surface area (Å²) >= 11 is 19.2. The number of benzene rings is 2. The molecule has 2 aromatic carbocycles. The fourth-order valence-corrected chi connectivity index (χ4v) is 5.06. The van der Waals surface area contributed by atoms with Crippen LogP contribution in [0.25, 0.3) is 6.08 Å². The monoisotopic (exact) mass is 642 g/mol. The van der Waals surface area contributed by atoms with Crippen LogP contribution in [0.4, 0.5) is 10.5 Å². The number of nitrogens with one attached hydrogen (secondary N) is 1. The van der Waals surface area contributed by atoms with Gasteiger partial charge in [-0.2, -0.15) is 0 Å². The Balaban J connectivity index is 1.66. The van der Waals surface area contributed by atoms with Gasteiger partial charge in [0.15, 0.2) is 12.4 Å². The molecule has 2 aromatic rings. The number of amides is 3. The number of anilines is 1. The minimum absolute atomic E-state index is 0.0405. The van der Waals surface area contributed by atoms with Crippen molar-refractivity contribution in [2.45, 2.75) is 26.7 Å². The van der Waals surface area contributed by atoms with E-state index in [1.807, 2.05) is 6.92 Å². The summed E-state index contributed by atoms with van der Waals surface area (Å²) in [5.41, 5.74) is 0.696. The first-order valence-corrected chi connectivity index (χ1v) is 14.3. The smallest absolute Gasteiger partial charge is 0.344 e. The van der Waals surface area contributed by atoms with Gasteiger partial charge in [-0.15, -0.1) is 0 Å². The van der Waals surface area contributed by atoms with E-state index in [4.69, 9.17) is 49.0 Å². The molecule has 1 aliphatic heterocycles. The molecule has 1 heterocycles. The average Bonchev–Trinajstić information content (AvgIpc) is 3.16. The van der Waals surface area contributed by atoms with E-state index in [9.17, 15) is 24.0 Å². The van der Waals surface area contributed by atoms with Crippen molar-refractivity contribution in [1.82, 2.24) is 4.90 Å². The minimum Gasteiger partial charge on any atom is -0.479 e. The molecule has 41 heavy (non-hydrogen) atoms. The molecule has 0 atom stereocenters. The summed E-state index contributed by atoms with van der Waals surface area (Å²) in [4.78, 5) is 62.8. The zero-order valence-electron chi connectivity index (χ0n) is 22.0. The molecular formula is C27H25Cl3N2O8S. The van der Waals surface area contributed by atoms with Crippen molar-refractivity contribution < 1.29 is 38.2 Å². The number of ether oxygens (including phenoxy) is 3. The van der Waals surface area contributed by atoms with Gasteiger partial charge >= 0.3 is 11.9 Å². The molecule has 14 heteroatoms. The van der Waals surface area contributed by atoms with Crippen molar-refractivity contribution in [3.8, 4) is 5.75 Å². The van der Waals surface area contributed by atoms with Crippen molar-refractivity contribution in [3.05, 3.63) is 61.4 Å². The minimum atomic E-state index is -0.693. The summed E-state index contributed by atoms with van der Waals surface area (Å²) < 4.78 is 15.3. The Morgan fingerprint density at radius 2 is 1.71 bits per heavy atom. The lowest BCUT2D eigenvalue weighted by molar-refractivity contribution is -0.145. The van der Waals surface area contributed by atoms with Crippen LogP contribution < -0.4 is 10.1 Å². The van der Waals surface area contributed by atoms with Gasteiger partial charge in [-0.25, -0.2) is 9.59 Å². The Morgan fingerprint density at radius 3 is 2.37 bits per heavy atom. The maximum absolute atomic E-state index is 12.9. The van der Waals surface area contributed by atoms with Crippen molar-refractivity contribution in [2.75, 3.05) is 31.7 Å². The fourth-order valence-electron chi connectivity index (χ4n) is 3.41. The molecule has 1 fully saturated rings. The molecule has 3 rings (SSSR count). The summed E-state index contributed by atoms with van der Waals surface area (Å²) in [6.07, 6.45) is 2.94. The third-order valence-corrected chi connectivity index (χ3v) is 7.13. The van der Waals surface area contributed by atoms with Crippen LogP contribution >= 0.6 is 46.6 Å². The van der Waals surface area contributed by atoms with E-state index in [1.165, 1.54) is 36.4 Å². The molecule has 0 aromatic heterocycles. The van der Waals surface area contributed by atoms with E-state index in [0.29, 0.717) is 23.7 Å². The van der Waals surface area contributed by atoms with Gasteiger partial charge in [0.05, 0.1) is 38.8 Å². The Hall–Kier alpha value is -3.25. The van der Waals surface area contributed by atoms with E-state index in [0.717, 1.165) is 11.3 Å². The Morgan fingerprint density at radius 1 is 1.00 bits per heavy atom. The number of halogens is 3. The molecule has 1 N–H and O–H groups in total. The lowest BCUT2D eigenvalue weighted by Crippen LogP contribution is -2.36. The molecule has 1 aliphatic rings. The van der Waals surface area contributed by atoms with Gasteiger partial charge in [0.1, 0.15) is 6.54 Å². The topological polar surface area (TPSA) is 128 Å². The highest BCUT2D eigenvalue weighted by atomic mass is 35.5. The van der Waals surface area contributed by atoms with Crippen molar-refractivity contribution in [1.29, 1.82) is 0 Å². The van der Waals surface area contributed by atoms with Gasteiger partial charge in [-0.3, -0.25) is 19.3 Å². The SMILES string of the molecule is CCCCOC(=O)c1cc(NC(=O)CN2C(=O)S/C(=C\c3cc(Cl)c(OCC(=O)OCC)c(Cl)c3)C2=O)ccc1Cl. The van der Waals surface area contributed by atoms with Gasteiger partial charge in [0.25, 0.3) is 11.1 Å². The third kappa shape index (κ3) is 8.87. The highest BCUT2D eigenvalue weighted by molar-refractivity contribution is 8.18. The lowest BCUT2D eigenvalue weighted by atomic mass is 10.2. The standard InChI is InChI=1S/C27H25Cl3N2O8S/c1-3-5-8-39-26(36)17-12-16(6-7-18(17)28)31-22(33)13-32-25(35)21(41-27(32)37)11-15-9-19(29)24(20(30)10-15)40-14-23(34)38-4-2/h6-7,9-12H,3-5,8,13-14H2,1-2H3,(H,31,33)/b21-11-. The van der Waals surface area contributed by atoms with Crippen LogP contribution in [0.1, 0.15) is 42.6 Å². The van der Waals surface area contributed by atoms with Crippen LogP contribution in [-0.2, 0) is 23.9 Å². The molecule has 0 saturated carbocycles. The number of carbonyl (C=O) groups is 5. The third-order valence-electron chi connectivity index (χ3n) is 5.33. The summed E-state index contributed by atoms with van der Waals surface area (Å²) in [7, 11) is 0. The van der Waals surface area contributed by atoms with Crippen LogP contribution in [0.3, 0.4) is 0 Å². The summed E-state index contributed by atoms with van der Waals surface area (Å²) in [6.45, 7) is 3.08. The highest BCUT2D eigenvalue weighted by Gasteiger charge is 2.36. The van der Waals surface area contributed by atoms with Crippen molar-refractivity contribution in [3.63, 3.8) is 0 Å². The number of unbranched alkanes of at least 4 members (excludes halogenated alkanes) is 1. The Labute approximate surface area is 255 Å². The summed E-state index contributed by atoms with van der Waals surface area (Å²) in [5.74, 6) is -2.53. The zero-order valence-corrected chi connectivity index (χ0v) is 25.0. The quantitative estimate of drug-likeness (QED) is 0.163. The van der Waals surface area contributed by atoms with Crippen molar-refractivity contribution >= 4 is 87.3 Å². The average molecular weight is 644 g/mol. The van der Waals surface area contributed by atoms with E-state index < -0.39 is 42.1 Å². The molecule has 0 bridgehead atoms. The molecular weight excluding hydrogens is 619 g/mol. The van der Waals surface area contributed by atoms with E-state index in [1.54, 1.807) is 6.92 Å². The predicted molar refractivity (Wildman–Crippen MR) is 157 cm³/mol. The Bertz CT molecular complexity index is 1380. The second-order valence-corrected chi connectivity index (χ2v) is 10.6. The first-order valence-electron chi connectivity index (χ1n) is 12.3. The molecule has 10 nitrogen and oxygen atoms in total. The zero-order chi connectivity index (χ0) is 30.1. The van der Waals surface area contributed by atoms with Crippen LogP contribution in [0.2, 0.25) is 15.1 Å². The second-order valence-electron chi connectivity index (χ2n) is 8.41. The molecule has 0 spiro atoms. The number of carbonyl (C=O) groups excluding carboxylic acids is 5. The summed E-state index contributed by atoms with van der Waals surface area (Å²) in [6, 6.07) is 7.15. The van der Waals surface area contributed by atoms with Gasteiger partial charge in [0.2, 0.25) is 5.91 Å². The molecule has 218 valence electrons. The van der Waals surface area contributed by atoms with E-state index >= 15 is 0 Å². The molecule has 1 saturated heterocycles. The fraction of sp³-hybridized carbons (Fsp3) is 0.296. The number of imide groups is 1. The second kappa shape index (κ2) is 15.1. The molecule has 0 aliphatic carbocycles. The first-order chi connectivity index (χ1) is 19.5. The largest absolute Gasteiger partial charge is 0.479 e. The molecule has 3 amide bonds. The normalized spacial score (nSPS) is 13.9. The number of thioether (sulfide) groups is 1. The molecule has 0 radical (unpaired) electrons. The van der Waals surface area contributed by atoms with Crippen LogP contribution in [-0.4, -0.2) is 60.3 Å². The number of rotatable bonds is 12. The lowest BCUT2D eigenvalue weighted by Gasteiger charge is -2.13. The molecule has 0 unspecified atom stereocenters. The summed E-state index contributed by atoms with van der Waals surface area (Å²) in [5, 5.41) is 2.19. The van der Waals surface area contributed by atoms with Gasteiger partial charge in [0, 0.05) is 5.69 Å². The van der Waals surface area contributed by atoms with Crippen LogP contribution in [0, 0.1) is 0 Å².